The van der Waals surface area contributed by atoms with E-state index in [4.69, 9.17) is 16.3 Å². The smallest absolute Gasteiger partial charge is 0.119 e. The first-order valence-corrected chi connectivity index (χ1v) is 9.08. The van der Waals surface area contributed by atoms with Crippen LogP contribution < -0.4 is 15.0 Å². The first-order valence-electron chi connectivity index (χ1n) is 8.71. The monoisotopic (exact) mass is 380 g/mol. The first-order chi connectivity index (χ1) is 11.8. The summed E-state index contributed by atoms with van der Waals surface area (Å²) in [5.74, 6) is 0.864. The predicted octanol–water partition coefficient (Wildman–Crippen LogP) is 4.57. The molecule has 1 heterocycles. The second kappa shape index (κ2) is 9.91. The van der Waals surface area contributed by atoms with Crippen molar-refractivity contribution >= 4 is 29.7 Å². The Kier molecular flexibility index (Phi) is 7.89. The summed E-state index contributed by atoms with van der Waals surface area (Å²) in [6.07, 6.45) is 2.33. The van der Waals surface area contributed by atoms with E-state index in [1.807, 2.05) is 24.3 Å². The van der Waals surface area contributed by atoms with Gasteiger partial charge in [0.05, 0.1) is 6.04 Å². The molecule has 3 nitrogen and oxygen atoms in total. The Morgan fingerprint density at radius 3 is 2.52 bits per heavy atom. The molecule has 0 aromatic heterocycles. The molecule has 1 atom stereocenters. The number of rotatable bonds is 6. The van der Waals surface area contributed by atoms with E-state index in [0.29, 0.717) is 12.6 Å². The van der Waals surface area contributed by atoms with Crippen LogP contribution in [0.2, 0.25) is 5.02 Å². The molecular formula is C20H26Cl2N2O. The molecule has 0 amide bonds. The van der Waals surface area contributed by atoms with Crippen LogP contribution in [0.4, 0.5) is 5.69 Å². The number of aryl methyl sites for hydroxylation is 1. The van der Waals surface area contributed by atoms with Crippen molar-refractivity contribution in [1.82, 2.24) is 5.32 Å². The van der Waals surface area contributed by atoms with Gasteiger partial charge in [-0.05, 0) is 48.4 Å². The Labute approximate surface area is 161 Å². The summed E-state index contributed by atoms with van der Waals surface area (Å²) in [5.41, 5.74) is 2.69. The molecule has 2 aromatic rings. The lowest BCUT2D eigenvalue weighted by Crippen LogP contribution is -2.54. The Hall–Kier alpha value is -1.42. The highest BCUT2D eigenvalue weighted by Crippen LogP contribution is 2.21. The molecule has 3 rings (SSSR count). The lowest BCUT2D eigenvalue weighted by molar-refractivity contribution is 0.267. The van der Waals surface area contributed by atoms with Crippen LogP contribution in [-0.4, -0.2) is 32.3 Å². The Bertz CT molecular complexity index is 631. The number of anilines is 1. The van der Waals surface area contributed by atoms with Gasteiger partial charge in [0.25, 0.3) is 0 Å². The van der Waals surface area contributed by atoms with Gasteiger partial charge in [-0.3, -0.25) is 0 Å². The number of halogens is 2. The zero-order valence-electron chi connectivity index (χ0n) is 14.6. The molecule has 0 bridgehead atoms. The van der Waals surface area contributed by atoms with Crippen molar-refractivity contribution in [3.63, 3.8) is 0 Å². The van der Waals surface area contributed by atoms with Gasteiger partial charge in [0.2, 0.25) is 0 Å². The quantitative estimate of drug-likeness (QED) is 0.793. The van der Waals surface area contributed by atoms with Gasteiger partial charge >= 0.3 is 0 Å². The lowest BCUT2D eigenvalue weighted by Gasteiger charge is -2.37. The van der Waals surface area contributed by atoms with Crippen molar-refractivity contribution in [2.75, 3.05) is 31.1 Å². The van der Waals surface area contributed by atoms with Gasteiger partial charge in [-0.2, -0.15) is 0 Å². The SMILES string of the molecule is CCCc1ccc(N2CCNCC2COc2ccc(Cl)cc2)cc1.Cl. The molecule has 1 N–H and O–H groups in total. The van der Waals surface area contributed by atoms with Crippen molar-refractivity contribution in [3.8, 4) is 5.75 Å². The van der Waals surface area contributed by atoms with Crippen LogP contribution in [0.3, 0.4) is 0 Å². The maximum absolute atomic E-state index is 5.97. The number of benzene rings is 2. The number of hydrogen-bond donors (Lipinski definition) is 1. The van der Waals surface area contributed by atoms with E-state index >= 15 is 0 Å². The van der Waals surface area contributed by atoms with Crippen LogP contribution in [0.1, 0.15) is 18.9 Å². The molecule has 1 unspecified atom stereocenters. The van der Waals surface area contributed by atoms with Crippen LogP contribution in [0.25, 0.3) is 0 Å². The van der Waals surface area contributed by atoms with Gasteiger partial charge in [0.15, 0.2) is 0 Å². The summed E-state index contributed by atoms with van der Waals surface area (Å²) >= 11 is 5.93. The normalized spacial score (nSPS) is 17.0. The zero-order valence-corrected chi connectivity index (χ0v) is 16.2. The molecule has 1 fully saturated rings. The first kappa shape index (κ1) is 19.9. The fraction of sp³-hybridized carbons (Fsp3) is 0.400. The molecule has 0 aliphatic carbocycles. The summed E-state index contributed by atoms with van der Waals surface area (Å²) in [6, 6.07) is 16.9. The van der Waals surface area contributed by atoms with E-state index in [0.717, 1.165) is 36.8 Å². The summed E-state index contributed by atoms with van der Waals surface area (Å²) in [6.45, 7) is 5.82. The molecule has 1 aliphatic heterocycles. The van der Waals surface area contributed by atoms with E-state index in [2.05, 4.69) is 41.4 Å². The molecular weight excluding hydrogens is 355 g/mol. The molecule has 5 heteroatoms. The molecule has 1 saturated heterocycles. The van der Waals surface area contributed by atoms with Gasteiger partial charge in [-0.25, -0.2) is 0 Å². The maximum Gasteiger partial charge on any atom is 0.119 e. The minimum Gasteiger partial charge on any atom is -0.491 e. The average molecular weight is 381 g/mol. The van der Waals surface area contributed by atoms with E-state index in [-0.39, 0.29) is 12.4 Å². The molecule has 1 aliphatic rings. The van der Waals surface area contributed by atoms with Gasteiger partial charge in [0, 0.05) is 30.3 Å². The van der Waals surface area contributed by atoms with Crippen molar-refractivity contribution < 1.29 is 4.74 Å². The number of nitrogens with zero attached hydrogens (tertiary/aromatic N) is 1. The highest BCUT2D eigenvalue weighted by Gasteiger charge is 2.23. The third kappa shape index (κ3) is 5.53. The molecule has 0 saturated carbocycles. The topological polar surface area (TPSA) is 24.5 Å². The van der Waals surface area contributed by atoms with Crippen molar-refractivity contribution in [1.29, 1.82) is 0 Å². The number of ether oxygens (including phenoxy) is 1. The fourth-order valence-electron chi connectivity index (χ4n) is 3.12. The zero-order chi connectivity index (χ0) is 16.8. The Balaban J connectivity index is 0.00000225. The molecule has 136 valence electrons. The Morgan fingerprint density at radius 1 is 1.12 bits per heavy atom. The van der Waals surface area contributed by atoms with Crippen LogP contribution >= 0.6 is 24.0 Å². The standard InChI is InChI=1S/C20H25ClN2O.ClH/c1-2-3-16-4-8-18(9-5-16)23-13-12-22-14-19(23)15-24-20-10-6-17(21)7-11-20;/h4-11,19,22H,2-3,12-15H2,1H3;1H. The minimum absolute atomic E-state index is 0. The third-order valence-corrected chi connectivity index (χ3v) is 4.66. The van der Waals surface area contributed by atoms with Crippen LogP contribution in [0, 0.1) is 0 Å². The van der Waals surface area contributed by atoms with Crippen molar-refractivity contribution in [2.45, 2.75) is 25.8 Å². The molecule has 2 aromatic carbocycles. The largest absolute Gasteiger partial charge is 0.491 e. The average Bonchev–Trinajstić information content (AvgIpc) is 2.63. The second-order valence-corrected chi connectivity index (χ2v) is 6.67. The van der Waals surface area contributed by atoms with Crippen LogP contribution in [-0.2, 0) is 6.42 Å². The highest BCUT2D eigenvalue weighted by molar-refractivity contribution is 6.30. The second-order valence-electron chi connectivity index (χ2n) is 6.23. The summed E-state index contributed by atoms with van der Waals surface area (Å²) in [7, 11) is 0. The molecule has 25 heavy (non-hydrogen) atoms. The molecule has 0 spiro atoms. The summed E-state index contributed by atoms with van der Waals surface area (Å²) < 4.78 is 5.97. The summed E-state index contributed by atoms with van der Waals surface area (Å²) in [4.78, 5) is 2.45. The third-order valence-electron chi connectivity index (χ3n) is 4.41. The highest BCUT2D eigenvalue weighted by atomic mass is 35.5. The van der Waals surface area contributed by atoms with E-state index in [1.165, 1.54) is 17.7 Å². The minimum atomic E-state index is 0. The summed E-state index contributed by atoms with van der Waals surface area (Å²) in [5, 5.41) is 4.20. The van der Waals surface area contributed by atoms with Crippen LogP contribution in [0.5, 0.6) is 5.75 Å². The molecule has 0 radical (unpaired) electrons. The van der Waals surface area contributed by atoms with E-state index in [1.54, 1.807) is 0 Å². The lowest BCUT2D eigenvalue weighted by atomic mass is 10.1. The number of nitrogens with one attached hydrogen (secondary N) is 1. The van der Waals surface area contributed by atoms with Gasteiger partial charge in [-0.1, -0.05) is 37.1 Å². The van der Waals surface area contributed by atoms with Gasteiger partial charge in [0.1, 0.15) is 12.4 Å². The predicted molar refractivity (Wildman–Crippen MR) is 109 cm³/mol. The van der Waals surface area contributed by atoms with Crippen molar-refractivity contribution in [3.05, 3.63) is 59.1 Å². The van der Waals surface area contributed by atoms with Crippen LogP contribution in [0.15, 0.2) is 48.5 Å². The van der Waals surface area contributed by atoms with Gasteiger partial charge in [-0.15, -0.1) is 12.4 Å². The van der Waals surface area contributed by atoms with Gasteiger partial charge < -0.3 is 15.0 Å². The fourth-order valence-corrected chi connectivity index (χ4v) is 3.24. The maximum atomic E-state index is 5.97. The Morgan fingerprint density at radius 2 is 1.84 bits per heavy atom. The van der Waals surface area contributed by atoms with E-state index < -0.39 is 0 Å². The number of piperazine rings is 1. The number of hydrogen-bond acceptors (Lipinski definition) is 3. The van der Waals surface area contributed by atoms with E-state index in [9.17, 15) is 0 Å². The van der Waals surface area contributed by atoms with Crippen molar-refractivity contribution in [2.24, 2.45) is 0 Å².